The van der Waals surface area contributed by atoms with Crippen LogP contribution in [0.25, 0.3) is 11.3 Å². The average molecular weight is 341 g/mol. The molecule has 5 nitrogen and oxygen atoms in total. The van der Waals surface area contributed by atoms with Crippen LogP contribution < -0.4 is 10.6 Å². The van der Waals surface area contributed by atoms with E-state index in [4.69, 9.17) is 11.6 Å². The van der Waals surface area contributed by atoms with Gasteiger partial charge in [0.2, 0.25) is 0 Å². The maximum atomic E-state index is 12.4. The molecule has 0 radical (unpaired) electrons. The standard InChI is InChI=1S/C15H17ClN4O.ClH/c16-13-4-2-1-3-11(13)14-12(9-18-20-14)15(21)19-10-5-7-17-8-6-10;/h1-4,9-10,17H,5-8H2,(H,18,20)(H,19,21);1H. The maximum Gasteiger partial charge on any atom is 0.255 e. The smallest absolute Gasteiger partial charge is 0.255 e. The molecule has 2 aromatic rings. The molecule has 0 saturated carbocycles. The highest BCUT2D eigenvalue weighted by Gasteiger charge is 2.21. The van der Waals surface area contributed by atoms with E-state index in [2.05, 4.69) is 20.8 Å². The van der Waals surface area contributed by atoms with Crippen LogP contribution >= 0.6 is 24.0 Å². The Morgan fingerprint density at radius 1 is 1.27 bits per heavy atom. The Hall–Kier alpha value is -1.56. The number of benzene rings is 1. The Bertz CT molecular complexity index is 638. The minimum absolute atomic E-state index is 0. The SMILES string of the molecule is Cl.O=C(NC1CCNCC1)c1cn[nH]c1-c1ccccc1Cl. The number of hydrogen-bond acceptors (Lipinski definition) is 3. The summed E-state index contributed by atoms with van der Waals surface area (Å²) in [4.78, 5) is 12.4. The number of nitrogens with one attached hydrogen (secondary N) is 3. The predicted octanol–water partition coefficient (Wildman–Crippen LogP) is 2.63. The fourth-order valence-corrected chi connectivity index (χ4v) is 2.79. The van der Waals surface area contributed by atoms with E-state index in [1.165, 1.54) is 0 Å². The van der Waals surface area contributed by atoms with Crippen LogP contribution in [0.1, 0.15) is 23.2 Å². The van der Waals surface area contributed by atoms with Crippen LogP contribution in [0.4, 0.5) is 0 Å². The van der Waals surface area contributed by atoms with Gasteiger partial charge >= 0.3 is 0 Å². The summed E-state index contributed by atoms with van der Waals surface area (Å²) in [5.74, 6) is -0.106. The number of carbonyl (C=O) groups is 1. The first-order valence-corrected chi connectivity index (χ1v) is 7.43. The van der Waals surface area contributed by atoms with E-state index < -0.39 is 0 Å². The van der Waals surface area contributed by atoms with Gasteiger partial charge in [-0.2, -0.15) is 5.10 Å². The molecule has 3 rings (SSSR count). The highest BCUT2D eigenvalue weighted by Crippen LogP contribution is 2.28. The number of carbonyl (C=O) groups excluding carboxylic acids is 1. The molecule has 1 amide bonds. The van der Waals surface area contributed by atoms with Crippen LogP contribution in [-0.4, -0.2) is 35.2 Å². The fraction of sp³-hybridized carbons (Fsp3) is 0.333. The number of amides is 1. The Balaban J connectivity index is 0.00000176. The first-order valence-electron chi connectivity index (χ1n) is 7.05. The first kappa shape index (κ1) is 16.8. The second-order valence-corrected chi connectivity index (χ2v) is 5.54. The zero-order valence-corrected chi connectivity index (χ0v) is 13.5. The molecule has 0 unspecified atom stereocenters. The summed E-state index contributed by atoms with van der Waals surface area (Å²) in [5, 5.41) is 13.8. The number of nitrogens with zero attached hydrogens (tertiary/aromatic N) is 1. The largest absolute Gasteiger partial charge is 0.349 e. The molecule has 1 aliphatic rings. The van der Waals surface area contributed by atoms with Gasteiger partial charge < -0.3 is 10.6 Å². The molecule has 0 atom stereocenters. The summed E-state index contributed by atoms with van der Waals surface area (Å²) in [6.07, 6.45) is 3.45. The van der Waals surface area contributed by atoms with Crippen LogP contribution in [0.3, 0.4) is 0 Å². The average Bonchev–Trinajstić information content (AvgIpc) is 2.98. The summed E-state index contributed by atoms with van der Waals surface area (Å²) in [6.45, 7) is 1.88. The lowest BCUT2D eigenvalue weighted by Gasteiger charge is -2.23. The van der Waals surface area contributed by atoms with Crippen molar-refractivity contribution in [1.29, 1.82) is 0 Å². The molecule has 1 aromatic heterocycles. The summed E-state index contributed by atoms with van der Waals surface area (Å²) >= 11 is 6.20. The summed E-state index contributed by atoms with van der Waals surface area (Å²) in [5.41, 5.74) is 1.97. The van der Waals surface area contributed by atoms with Gasteiger partial charge in [-0.1, -0.05) is 29.8 Å². The minimum atomic E-state index is -0.106. The molecule has 2 heterocycles. The van der Waals surface area contributed by atoms with Crippen LogP contribution in [0.5, 0.6) is 0 Å². The highest BCUT2D eigenvalue weighted by molar-refractivity contribution is 6.33. The third-order valence-corrected chi connectivity index (χ3v) is 4.03. The molecule has 3 N–H and O–H groups in total. The van der Waals surface area contributed by atoms with Gasteiger partial charge in [0.25, 0.3) is 5.91 Å². The third kappa shape index (κ3) is 3.61. The van der Waals surface area contributed by atoms with Crippen molar-refractivity contribution in [3.8, 4) is 11.3 Å². The second kappa shape index (κ2) is 7.63. The van der Waals surface area contributed by atoms with Gasteiger partial charge in [-0.25, -0.2) is 0 Å². The van der Waals surface area contributed by atoms with Gasteiger partial charge in [0.1, 0.15) is 0 Å². The highest BCUT2D eigenvalue weighted by atomic mass is 35.5. The molecule has 22 heavy (non-hydrogen) atoms. The molecule has 0 aliphatic carbocycles. The van der Waals surface area contributed by atoms with Gasteiger partial charge in [0, 0.05) is 16.6 Å². The topological polar surface area (TPSA) is 69.8 Å². The zero-order chi connectivity index (χ0) is 14.7. The lowest BCUT2D eigenvalue weighted by Crippen LogP contribution is -2.42. The van der Waals surface area contributed by atoms with Crippen molar-refractivity contribution in [1.82, 2.24) is 20.8 Å². The lowest BCUT2D eigenvalue weighted by atomic mass is 10.0. The summed E-state index contributed by atoms with van der Waals surface area (Å²) < 4.78 is 0. The molecular weight excluding hydrogens is 323 g/mol. The van der Waals surface area contributed by atoms with E-state index in [-0.39, 0.29) is 24.4 Å². The predicted molar refractivity (Wildman–Crippen MR) is 89.6 cm³/mol. The quantitative estimate of drug-likeness (QED) is 0.804. The number of aromatic amines is 1. The van der Waals surface area contributed by atoms with Crippen molar-refractivity contribution >= 4 is 29.9 Å². The van der Waals surface area contributed by atoms with Crippen molar-refractivity contribution in [2.24, 2.45) is 0 Å². The van der Waals surface area contributed by atoms with Crippen molar-refractivity contribution in [2.75, 3.05) is 13.1 Å². The number of halogens is 2. The molecular formula is C15H18Cl2N4O. The molecule has 118 valence electrons. The van der Waals surface area contributed by atoms with Gasteiger partial charge in [-0.3, -0.25) is 9.89 Å². The molecule has 1 saturated heterocycles. The van der Waals surface area contributed by atoms with Crippen LogP contribution in [-0.2, 0) is 0 Å². The lowest BCUT2D eigenvalue weighted by molar-refractivity contribution is 0.0930. The van der Waals surface area contributed by atoms with Crippen LogP contribution in [0.2, 0.25) is 5.02 Å². The van der Waals surface area contributed by atoms with E-state index in [0.717, 1.165) is 31.5 Å². The first-order chi connectivity index (χ1) is 10.3. The second-order valence-electron chi connectivity index (χ2n) is 5.14. The Labute approximate surface area is 140 Å². The Morgan fingerprint density at radius 2 is 2.00 bits per heavy atom. The molecule has 0 spiro atoms. The summed E-state index contributed by atoms with van der Waals surface area (Å²) in [6, 6.07) is 7.63. The molecule has 0 bridgehead atoms. The molecule has 7 heteroatoms. The van der Waals surface area contributed by atoms with Crippen molar-refractivity contribution in [2.45, 2.75) is 18.9 Å². The van der Waals surface area contributed by atoms with E-state index in [9.17, 15) is 4.79 Å². The molecule has 1 aliphatic heterocycles. The zero-order valence-electron chi connectivity index (χ0n) is 11.9. The number of hydrogen-bond donors (Lipinski definition) is 3. The number of piperidine rings is 1. The normalized spacial score (nSPS) is 15.1. The van der Waals surface area contributed by atoms with Crippen LogP contribution in [0.15, 0.2) is 30.5 Å². The number of rotatable bonds is 3. The van der Waals surface area contributed by atoms with Crippen molar-refractivity contribution in [3.63, 3.8) is 0 Å². The molecule has 1 aromatic carbocycles. The third-order valence-electron chi connectivity index (χ3n) is 3.70. The monoisotopic (exact) mass is 340 g/mol. The Kier molecular flexibility index (Phi) is 5.83. The fourth-order valence-electron chi connectivity index (χ4n) is 2.56. The van der Waals surface area contributed by atoms with Gasteiger partial charge in [-0.15, -0.1) is 12.4 Å². The Morgan fingerprint density at radius 3 is 2.73 bits per heavy atom. The van der Waals surface area contributed by atoms with E-state index in [1.807, 2.05) is 18.2 Å². The number of aromatic nitrogens is 2. The van der Waals surface area contributed by atoms with E-state index in [0.29, 0.717) is 16.3 Å². The minimum Gasteiger partial charge on any atom is -0.349 e. The van der Waals surface area contributed by atoms with E-state index >= 15 is 0 Å². The van der Waals surface area contributed by atoms with Crippen molar-refractivity contribution in [3.05, 3.63) is 41.0 Å². The summed E-state index contributed by atoms with van der Waals surface area (Å²) in [7, 11) is 0. The van der Waals surface area contributed by atoms with Gasteiger partial charge in [0.15, 0.2) is 0 Å². The van der Waals surface area contributed by atoms with Gasteiger partial charge in [0.05, 0.1) is 17.5 Å². The molecule has 1 fully saturated rings. The maximum absolute atomic E-state index is 12.4. The number of H-pyrrole nitrogens is 1. The van der Waals surface area contributed by atoms with Crippen molar-refractivity contribution < 1.29 is 4.79 Å². The van der Waals surface area contributed by atoms with Gasteiger partial charge in [-0.05, 0) is 32.0 Å². The van der Waals surface area contributed by atoms with E-state index in [1.54, 1.807) is 12.3 Å². The van der Waals surface area contributed by atoms with Crippen LogP contribution in [0, 0.1) is 0 Å².